The van der Waals surface area contributed by atoms with E-state index < -0.39 is 0 Å². The predicted octanol–water partition coefficient (Wildman–Crippen LogP) is 1.42. The Labute approximate surface area is 101 Å². The summed E-state index contributed by atoms with van der Waals surface area (Å²) in [6, 6.07) is 7.87. The van der Waals surface area contributed by atoms with E-state index in [0.717, 1.165) is 30.2 Å². The number of nitrogen functional groups attached to an aromatic ring is 1. The highest BCUT2D eigenvalue weighted by atomic mass is 15.4. The van der Waals surface area contributed by atoms with Gasteiger partial charge in [-0.1, -0.05) is 5.21 Å². The normalized spacial score (nSPS) is 10.5. The van der Waals surface area contributed by atoms with Crippen LogP contribution in [0.25, 0.3) is 0 Å². The molecule has 5 heteroatoms. The van der Waals surface area contributed by atoms with Gasteiger partial charge in [0.25, 0.3) is 0 Å². The quantitative estimate of drug-likeness (QED) is 0.808. The van der Waals surface area contributed by atoms with Crippen molar-refractivity contribution in [2.45, 2.75) is 13.5 Å². The lowest BCUT2D eigenvalue weighted by molar-refractivity contribution is 0.711. The lowest BCUT2D eigenvalue weighted by atomic mass is 10.2. The molecule has 0 spiro atoms. The first-order valence-electron chi connectivity index (χ1n) is 5.64. The molecule has 0 aliphatic carbocycles. The van der Waals surface area contributed by atoms with Crippen LogP contribution in [-0.4, -0.2) is 21.5 Å². The van der Waals surface area contributed by atoms with E-state index in [0.29, 0.717) is 0 Å². The second-order valence-electron chi connectivity index (χ2n) is 3.99. The molecule has 0 saturated heterocycles. The third-order valence-corrected chi connectivity index (χ3v) is 2.64. The van der Waals surface area contributed by atoms with E-state index in [1.807, 2.05) is 37.5 Å². The Morgan fingerprint density at radius 1 is 1.29 bits per heavy atom. The van der Waals surface area contributed by atoms with Gasteiger partial charge in [-0.15, -0.1) is 5.10 Å². The molecule has 90 valence electrons. The highest BCUT2D eigenvalue weighted by Gasteiger charge is 2.07. The van der Waals surface area contributed by atoms with Crippen LogP contribution in [0.1, 0.15) is 12.6 Å². The number of nitrogens with two attached hydrogens (primary N) is 1. The topological polar surface area (TPSA) is 60.0 Å². The van der Waals surface area contributed by atoms with E-state index in [4.69, 9.17) is 5.73 Å². The van der Waals surface area contributed by atoms with Gasteiger partial charge in [-0.2, -0.15) is 0 Å². The lowest BCUT2D eigenvalue weighted by Crippen LogP contribution is -2.22. The van der Waals surface area contributed by atoms with E-state index in [-0.39, 0.29) is 0 Å². The Morgan fingerprint density at radius 2 is 2.00 bits per heavy atom. The van der Waals surface area contributed by atoms with Crippen LogP contribution in [0.15, 0.2) is 30.5 Å². The Morgan fingerprint density at radius 3 is 2.53 bits per heavy atom. The van der Waals surface area contributed by atoms with E-state index in [1.54, 1.807) is 4.68 Å². The summed E-state index contributed by atoms with van der Waals surface area (Å²) < 4.78 is 1.71. The molecule has 0 amide bonds. The number of benzene rings is 1. The maximum atomic E-state index is 5.68. The Hall–Kier alpha value is -2.04. The van der Waals surface area contributed by atoms with Crippen LogP contribution < -0.4 is 10.6 Å². The molecule has 0 fully saturated rings. The summed E-state index contributed by atoms with van der Waals surface area (Å²) in [7, 11) is 1.87. The fourth-order valence-corrected chi connectivity index (χ4v) is 1.73. The molecule has 1 aromatic heterocycles. The van der Waals surface area contributed by atoms with Crippen molar-refractivity contribution < 1.29 is 0 Å². The number of aryl methyl sites for hydroxylation is 1. The van der Waals surface area contributed by atoms with Gasteiger partial charge in [0.15, 0.2) is 0 Å². The minimum atomic E-state index is 0.758. The van der Waals surface area contributed by atoms with Crippen molar-refractivity contribution in [1.29, 1.82) is 0 Å². The highest BCUT2D eigenvalue weighted by Crippen LogP contribution is 2.17. The fraction of sp³-hybridized carbons (Fsp3) is 0.333. The Balaban J connectivity index is 2.13. The van der Waals surface area contributed by atoms with E-state index in [2.05, 4.69) is 22.1 Å². The van der Waals surface area contributed by atoms with Crippen LogP contribution in [0.2, 0.25) is 0 Å². The smallest absolute Gasteiger partial charge is 0.102 e. The van der Waals surface area contributed by atoms with Gasteiger partial charge in [0.2, 0.25) is 0 Å². The lowest BCUT2D eigenvalue weighted by Gasteiger charge is -2.21. The SMILES string of the molecule is CCN(Cc1cn(C)nn1)c1ccc(N)cc1. The zero-order chi connectivity index (χ0) is 12.3. The van der Waals surface area contributed by atoms with Gasteiger partial charge in [0.05, 0.1) is 6.54 Å². The first-order chi connectivity index (χ1) is 8.19. The minimum Gasteiger partial charge on any atom is -0.399 e. The third kappa shape index (κ3) is 2.75. The van der Waals surface area contributed by atoms with E-state index in [9.17, 15) is 0 Å². The zero-order valence-electron chi connectivity index (χ0n) is 10.2. The van der Waals surface area contributed by atoms with Crippen molar-refractivity contribution in [3.63, 3.8) is 0 Å². The molecule has 1 heterocycles. The maximum Gasteiger partial charge on any atom is 0.102 e. The molecule has 0 bridgehead atoms. The first kappa shape index (κ1) is 11.4. The molecule has 2 N–H and O–H groups in total. The summed E-state index contributed by atoms with van der Waals surface area (Å²) in [6.07, 6.45) is 1.93. The molecule has 0 aliphatic rings. The standard InChI is InChI=1S/C12H17N5/c1-3-17(9-11-8-16(2)15-14-11)12-6-4-10(13)5-7-12/h4-8H,3,9,13H2,1-2H3. The largest absolute Gasteiger partial charge is 0.399 e. The van der Waals surface area contributed by atoms with Crippen molar-refractivity contribution in [2.75, 3.05) is 17.2 Å². The molecular formula is C12H17N5. The molecule has 2 rings (SSSR count). The number of rotatable bonds is 4. The van der Waals surface area contributed by atoms with Crippen molar-refractivity contribution >= 4 is 11.4 Å². The van der Waals surface area contributed by atoms with Crippen molar-refractivity contribution in [2.24, 2.45) is 7.05 Å². The molecule has 2 aromatic rings. The summed E-state index contributed by atoms with van der Waals surface area (Å²) in [4.78, 5) is 2.23. The summed E-state index contributed by atoms with van der Waals surface area (Å²) in [5, 5.41) is 8.02. The van der Waals surface area contributed by atoms with Crippen LogP contribution in [0, 0.1) is 0 Å². The first-order valence-corrected chi connectivity index (χ1v) is 5.64. The van der Waals surface area contributed by atoms with Crippen molar-refractivity contribution in [3.8, 4) is 0 Å². The molecule has 0 saturated carbocycles. The Kier molecular flexibility index (Phi) is 3.27. The van der Waals surface area contributed by atoms with Crippen molar-refractivity contribution in [3.05, 3.63) is 36.2 Å². The molecule has 0 unspecified atom stereocenters. The number of anilines is 2. The third-order valence-electron chi connectivity index (χ3n) is 2.64. The van der Waals surface area contributed by atoms with Gasteiger partial charge in [-0.05, 0) is 31.2 Å². The van der Waals surface area contributed by atoms with E-state index >= 15 is 0 Å². The average Bonchev–Trinajstić information content (AvgIpc) is 2.73. The molecule has 0 atom stereocenters. The zero-order valence-corrected chi connectivity index (χ0v) is 10.2. The van der Waals surface area contributed by atoms with Crippen LogP contribution in [-0.2, 0) is 13.6 Å². The van der Waals surface area contributed by atoms with Gasteiger partial charge < -0.3 is 10.6 Å². The maximum absolute atomic E-state index is 5.68. The molecular weight excluding hydrogens is 214 g/mol. The molecule has 1 aromatic carbocycles. The highest BCUT2D eigenvalue weighted by molar-refractivity contribution is 5.53. The minimum absolute atomic E-state index is 0.758. The number of aromatic nitrogens is 3. The van der Waals surface area contributed by atoms with E-state index in [1.165, 1.54) is 0 Å². The van der Waals surface area contributed by atoms with Gasteiger partial charge in [-0.3, -0.25) is 4.68 Å². The number of nitrogens with zero attached hydrogens (tertiary/aromatic N) is 4. The molecule has 0 radical (unpaired) electrons. The van der Waals surface area contributed by atoms with Gasteiger partial charge in [0, 0.05) is 31.2 Å². The van der Waals surface area contributed by atoms with Gasteiger partial charge in [-0.25, -0.2) is 0 Å². The van der Waals surface area contributed by atoms with Gasteiger partial charge in [0.1, 0.15) is 5.69 Å². The molecule has 0 aliphatic heterocycles. The molecule has 5 nitrogen and oxygen atoms in total. The average molecular weight is 231 g/mol. The van der Waals surface area contributed by atoms with Crippen LogP contribution in [0.3, 0.4) is 0 Å². The van der Waals surface area contributed by atoms with Gasteiger partial charge >= 0.3 is 0 Å². The predicted molar refractivity (Wildman–Crippen MR) is 68.6 cm³/mol. The van der Waals surface area contributed by atoms with Crippen molar-refractivity contribution in [1.82, 2.24) is 15.0 Å². The van der Waals surface area contributed by atoms with Crippen LogP contribution in [0.4, 0.5) is 11.4 Å². The summed E-state index contributed by atoms with van der Waals surface area (Å²) in [6.45, 7) is 3.79. The van der Waals surface area contributed by atoms with Crippen LogP contribution in [0.5, 0.6) is 0 Å². The summed E-state index contributed by atoms with van der Waals surface area (Å²) in [5.74, 6) is 0. The monoisotopic (exact) mass is 231 g/mol. The Bertz CT molecular complexity index is 474. The number of hydrogen-bond acceptors (Lipinski definition) is 4. The summed E-state index contributed by atoms with van der Waals surface area (Å²) >= 11 is 0. The second-order valence-corrected chi connectivity index (χ2v) is 3.99. The fourth-order valence-electron chi connectivity index (χ4n) is 1.73. The molecule has 17 heavy (non-hydrogen) atoms. The summed E-state index contributed by atoms with van der Waals surface area (Å²) in [5.41, 5.74) is 8.57. The van der Waals surface area contributed by atoms with Crippen LogP contribution >= 0.6 is 0 Å². The number of hydrogen-bond donors (Lipinski definition) is 1. The second kappa shape index (κ2) is 4.86.